The number of hydrogen-bond donors (Lipinski definition) is 0. The van der Waals surface area contributed by atoms with E-state index >= 15 is 0 Å². The van der Waals surface area contributed by atoms with Crippen molar-refractivity contribution in [2.45, 2.75) is 19.3 Å². The SMILES string of the molecule is CC1(C)c2ccccc2-c2c1c1ccccc1c1c2ccc2cc(N(c3ccccc3)c3ccc4sc5ccccc5c4c3)ccc21. The Balaban J connectivity index is 1.23. The van der Waals surface area contributed by atoms with E-state index in [2.05, 4.69) is 170 Å². The molecule has 0 N–H and O–H groups in total. The minimum absolute atomic E-state index is 0.0659. The van der Waals surface area contributed by atoms with Crippen LogP contribution in [-0.2, 0) is 5.41 Å². The lowest BCUT2D eigenvalue weighted by Gasteiger charge is -2.26. The first kappa shape index (κ1) is 26.7. The first-order valence-electron chi connectivity index (χ1n) is 16.4. The van der Waals surface area contributed by atoms with Crippen molar-refractivity contribution in [1.82, 2.24) is 0 Å². The van der Waals surface area contributed by atoms with Crippen LogP contribution in [0.4, 0.5) is 17.1 Å². The highest BCUT2D eigenvalue weighted by molar-refractivity contribution is 7.25. The predicted molar refractivity (Wildman–Crippen MR) is 204 cm³/mol. The third-order valence-electron chi connectivity index (χ3n) is 10.4. The highest BCUT2D eigenvalue weighted by Gasteiger charge is 2.38. The second kappa shape index (κ2) is 9.78. The van der Waals surface area contributed by atoms with Gasteiger partial charge < -0.3 is 4.90 Å². The lowest BCUT2D eigenvalue weighted by molar-refractivity contribution is 0.666. The molecule has 1 aliphatic carbocycles. The summed E-state index contributed by atoms with van der Waals surface area (Å²) < 4.78 is 2.64. The van der Waals surface area contributed by atoms with Gasteiger partial charge in [0.15, 0.2) is 0 Å². The largest absolute Gasteiger partial charge is 0.310 e. The number of fused-ring (bicyclic) bond motifs is 13. The van der Waals surface area contributed by atoms with E-state index in [0.717, 1.165) is 17.1 Å². The zero-order valence-electron chi connectivity index (χ0n) is 26.3. The van der Waals surface area contributed by atoms with Crippen LogP contribution in [0.25, 0.3) is 63.6 Å². The molecule has 0 radical (unpaired) electrons. The molecule has 0 spiro atoms. The molecule has 2 heteroatoms. The third kappa shape index (κ3) is 3.77. The van der Waals surface area contributed by atoms with Gasteiger partial charge in [-0.1, -0.05) is 117 Å². The van der Waals surface area contributed by atoms with E-state index in [1.807, 2.05) is 11.3 Å². The molecule has 0 unspecified atom stereocenters. The molecule has 9 aromatic rings. The van der Waals surface area contributed by atoms with Crippen LogP contribution in [0.15, 0.2) is 152 Å². The average molecular weight is 618 g/mol. The Hall–Kier alpha value is -5.44. The molecule has 0 bridgehead atoms. The molecule has 0 saturated heterocycles. The summed E-state index contributed by atoms with van der Waals surface area (Å²) in [5.41, 5.74) is 9.02. The van der Waals surface area contributed by atoms with Gasteiger partial charge in [-0.05, 0) is 103 Å². The van der Waals surface area contributed by atoms with Gasteiger partial charge in [0.2, 0.25) is 0 Å². The molecular weight excluding hydrogens is 587 g/mol. The van der Waals surface area contributed by atoms with Crippen LogP contribution in [-0.4, -0.2) is 0 Å². The normalized spacial score (nSPS) is 13.5. The van der Waals surface area contributed by atoms with Crippen LogP contribution >= 0.6 is 11.3 Å². The number of para-hydroxylation sites is 1. The summed E-state index contributed by atoms with van der Waals surface area (Å²) >= 11 is 1.86. The fraction of sp³-hybridized carbons (Fsp3) is 0.0667. The first-order chi connectivity index (χ1) is 23.1. The van der Waals surface area contributed by atoms with Crippen LogP contribution in [0.5, 0.6) is 0 Å². The molecule has 0 fully saturated rings. The molecule has 1 aliphatic rings. The van der Waals surface area contributed by atoms with E-state index in [4.69, 9.17) is 0 Å². The average Bonchev–Trinajstić information content (AvgIpc) is 3.60. The van der Waals surface area contributed by atoms with Crippen molar-refractivity contribution in [3.63, 3.8) is 0 Å². The minimum Gasteiger partial charge on any atom is -0.310 e. The van der Waals surface area contributed by atoms with Gasteiger partial charge in [0.05, 0.1) is 0 Å². The highest BCUT2D eigenvalue weighted by Crippen LogP contribution is 2.55. The van der Waals surface area contributed by atoms with Gasteiger partial charge in [0.25, 0.3) is 0 Å². The number of thiophene rings is 1. The van der Waals surface area contributed by atoms with E-state index in [1.165, 1.54) is 74.7 Å². The van der Waals surface area contributed by atoms with Gasteiger partial charge in [0.1, 0.15) is 0 Å². The first-order valence-corrected chi connectivity index (χ1v) is 17.2. The topological polar surface area (TPSA) is 3.24 Å². The van der Waals surface area contributed by atoms with Gasteiger partial charge in [-0.15, -0.1) is 11.3 Å². The summed E-state index contributed by atoms with van der Waals surface area (Å²) in [7, 11) is 0. The van der Waals surface area contributed by atoms with E-state index in [1.54, 1.807) is 0 Å². The van der Waals surface area contributed by atoms with Crippen LogP contribution < -0.4 is 4.90 Å². The molecular formula is C45H31NS. The van der Waals surface area contributed by atoms with E-state index in [0.29, 0.717) is 0 Å². The monoisotopic (exact) mass is 617 g/mol. The summed E-state index contributed by atoms with van der Waals surface area (Å²) in [6.45, 7) is 4.77. The van der Waals surface area contributed by atoms with Gasteiger partial charge in [-0.2, -0.15) is 0 Å². The lowest BCUT2D eigenvalue weighted by Crippen LogP contribution is -2.15. The maximum atomic E-state index is 2.40. The van der Waals surface area contributed by atoms with Gasteiger partial charge >= 0.3 is 0 Å². The van der Waals surface area contributed by atoms with Crippen molar-refractivity contribution in [1.29, 1.82) is 0 Å². The highest BCUT2D eigenvalue weighted by atomic mass is 32.1. The molecule has 47 heavy (non-hydrogen) atoms. The van der Waals surface area contributed by atoms with E-state index < -0.39 is 0 Å². The summed E-state index contributed by atoms with van der Waals surface area (Å²) in [6, 6.07) is 56.2. The fourth-order valence-electron chi connectivity index (χ4n) is 8.33. The Morgan fingerprint density at radius 2 is 1.13 bits per heavy atom. The number of nitrogens with zero attached hydrogens (tertiary/aromatic N) is 1. The Morgan fingerprint density at radius 1 is 0.468 bits per heavy atom. The van der Waals surface area contributed by atoms with Crippen LogP contribution in [0.2, 0.25) is 0 Å². The standard InChI is InChI=1S/C45H31NS/c1-45(2)39-18-10-8-17-36(39)43-37-23-20-28-26-30(21-24-32(28)42(37)34-15-6-7-16-35(34)44(43)45)46(29-12-4-3-5-13-29)31-22-25-41-38(27-31)33-14-9-11-19-40(33)47-41/h3-27H,1-2H3. The Labute approximate surface area is 278 Å². The molecule has 1 aromatic heterocycles. The second-order valence-electron chi connectivity index (χ2n) is 13.3. The summed E-state index contributed by atoms with van der Waals surface area (Å²) in [4.78, 5) is 2.40. The zero-order chi connectivity index (χ0) is 31.3. The van der Waals surface area contributed by atoms with Crippen molar-refractivity contribution in [3.8, 4) is 11.1 Å². The molecule has 0 amide bonds. The maximum Gasteiger partial charge on any atom is 0.0468 e. The number of rotatable bonds is 3. The van der Waals surface area contributed by atoms with Gasteiger partial charge in [0, 0.05) is 42.6 Å². The van der Waals surface area contributed by atoms with Crippen molar-refractivity contribution in [2.24, 2.45) is 0 Å². The molecule has 222 valence electrons. The summed E-state index contributed by atoms with van der Waals surface area (Å²) in [5.74, 6) is 0. The van der Waals surface area contributed by atoms with E-state index in [9.17, 15) is 0 Å². The smallest absolute Gasteiger partial charge is 0.0468 e. The van der Waals surface area contributed by atoms with Crippen molar-refractivity contribution in [2.75, 3.05) is 4.90 Å². The zero-order valence-corrected chi connectivity index (χ0v) is 27.1. The molecule has 0 aliphatic heterocycles. The van der Waals surface area contributed by atoms with Crippen molar-refractivity contribution >= 4 is 80.9 Å². The molecule has 8 aromatic carbocycles. The van der Waals surface area contributed by atoms with Crippen molar-refractivity contribution < 1.29 is 0 Å². The van der Waals surface area contributed by atoms with Crippen LogP contribution in [0.1, 0.15) is 25.0 Å². The van der Waals surface area contributed by atoms with Gasteiger partial charge in [-0.3, -0.25) is 0 Å². The van der Waals surface area contributed by atoms with E-state index in [-0.39, 0.29) is 5.41 Å². The van der Waals surface area contributed by atoms with Gasteiger partial charge in [-0.25, -0.2) is 0 Å². The minimum atomic E-state index is -0.0659. The summed E-state index contributed by atoms with van der Waals surface area (Å²) in [5, 5.41) is 10.5. The fourth-order valence-corrected chi connectivity index (χ4v) is 9.42. The number of hydrogen-bond acceptors (Lipinski definition) is 2. The maximum absolute atomic E-state index is 2.40. The summed E-state index contributed by atoms with van der Waals surface area (Å²) in [6.07, 6.45) is 0. The molecule has 10 rings (SSSR count). The molecule has 1 nitrogen and oxygen atoms in total. The Morgan fingerprint density at radius 3 is 2.00 bits per heavy atom. The third-order valence-corrected chi connectivity index (χ3v) is 11.5. The van der Waals surface area contributed by atoms with Crippen LogP contribution in [0.3, 0.4) is 0 Å². The molecule has 0 atom stereocenters. The molecule has 0 saturated carbocycles. The predicted octanol–water partition coefficient (Wildman–Crippen LogP) is 13.3. The van der Waals surface area contributed by atoms with Crippen molar-refractivity contribution in [3.05, 3.63) is 163 Å². The second-order valence-corrected chi connectivity index (χ2v) is 14.4. The Bertz CT molecular complexity index is 2720. The molecule has 1 heterocycles. The van der Waals surface area contributed by atoms with Crippen LogP contribution in [0, 0.1) is 0 Å². The Kier molecular flexibility index (Phi) is 5.57. The lowest BCUT2D eigenvalue weighted by atomic mass is 9.79. The number of benzene rings is 8. The number of anilines is 3. The quantitative estimate of drug-likeness (QED) is 0.178.